The van der Waals surface area contributed by atoms with E-state index in [0.717, 1.165) is 15.9 Å². The average molecular weight is 294 g/mol. The average Bonchev–Trinajstić information content (AvgIpc) is 2.69. The van der Waals surface area contributed by atoms with Crippen LogP contribution >= 0.6 is 23.6 Å². The number of thiocarbonyl (C=S) groups is 1. The third kappa shape index (κ3) is 3.39. The van der Waals surface area contributed by atoms with Crippen molar-refractivity contribution in [2.75, 3.05) is 0 Å². The maximum atomic E-state index is 11.9. The van der Waals surface area contributed by atoms with Gasteiger partial charge in [0.1, 0.15) is 0 Å². The lowest BCUT2D eigenvalue weighted by atomic mass is 10.3. The molecule has 0 aliphatic carbocycles. The van der Waals surface area contributed by atoms with Gasteiger partial charge in [0.05, 0.1) is 10.2 Å². The van der Waals surface area contributed by atoms with Gasteiger partial charge in [-0.3, -0.25) is 14.8 Å². The van der Waals surface area contributed by atoms with Crippen molar-refractivity contribution in [3.63, 3.8) is 0 Å². The van der Waals surface area contributed by atoms with Crippen LogP contribution in [0.5, 0.6) is 0 Å². The Bertz CT molecular complexity index is 686. The Morgan fingerprint density at radius 1 is 1.53 bits per heavy atom. The van der Waals surface area contributed by atoms with Gasteiger partial charge in [-0.05, 0) is 31.3 Å². The zero-order chi connectivity index (χ0) is 13.8. The highest BCUT2D eigenvalue weighted by Gasteiger charge is 2.06. The van der Waals surface area contributed by atoms with Crippen LogP contribution in [0.3, 0.4) is 0 Å². The topological polar surface area (TPSA) is 72.4 Å². The zero-order valence-electron chi connectivity index (χ0n) is 10.4. The second-order valence-corrected chi connectivity index (χ2v) is 5.49. The minimum Gasteiger partial charge on any atom is -0.375 e. The van der Waals surface area contributed by atoms with Gasteiger partial charge in [0.2, 0.25) is 0 Å². The molecular weight excluding hydrogens is 280 g/mol. The Balaban J connectivity index is 2.14. The lowest BCUT2D eigenvalue weighted by molar-refractivity contribution is 0.734. The molecule has 2 rings (SSSR count). The highest BCUT2D eigenvalue weighted by atomic mass is 32.1. The van der Waals surface area contributed by atoms with Crippen LogP contribution in [-0.2, 0) is 6.54 Å². The number of aromatic nitrogens is 1. The number of nitrogens with one attached hydrogen (secondary N) is 1. The molecule has 0 amide bonds. The molecule has 0 aliphatic rings. The van der Waals surface area contributed by atoms with E-state index in [1.165, 1.54) is 11.3 Å². The molecule has 1 aromatic carbocycles. The quantitative estimate of drug-likeness (QED) is 0.511. The monoisotopic (exact) mass is 294 g/mol. The fourth-order valence-electron chi connectivity index (χ4n) is 1.71. The highest BCUT2D eigenvalue weighted by molar-refractivity contribution is 7.80. The fourth-order valence-corrected chi connectivity index (χ4v) is 2.67. The molecule has 2 aromatic rings. The van der Waals surface area contributed by atoms with Crippen LogP contribution in [0.1, 0.15) is 13.3 Å². The normalized spacial score (nSPS) is 11.7. The number of hydrogen-bond donors (Lipinski definition) is 2. The summed E-state index contributed by atoms with van der Waals surface area (Å²) >= 11 is 5.93. The van der Waals surface area contributed by atoms with Crippen LogP contribution in [0.15, 0.2) is 34.2 Å². The van der Waals surface area contributed by atoms with Crippen LogP contribution in [0.2, 0.25) is 0 Å². The van der Waals surface area contributed by atoms with Crippen LogP contribution in [0.25, 0.3) is 10.2 Å². The molecule has 0 fully saturated rings. The summed E-state index contributed by atoms with van der Waals surface area (Å²) in [6, 6.07) is 7.77. The molecule has 0 aliphatic heterocycles. The number of fused-ring (bicyclic) bond motifs is 1. The predicted octanol–water partition coefficient (Wildman–Crippen LogP) is 1.66. The van der Waals surface area contributed by atoms with E-state index in [4.69, 9.17) is 5.73 Å². The maximum Gasteiger partial charge on any atom is 0.308 e. The zero-order valence-corrected chi connectivity index (χ0v) is 12.1. The summed E-state index contributed by atoms with van der Waals surface area (Å²) in [5, 5.41) is 4.16. The molecule has 7 heteroatoms. The lowest BCUT2D eigenvalue weighted by Crippen LogP contribution is -2.25. The molecule has 0 atom stereocenters. The first-order chi connectivity index (χ1) is 9.08. The molecule has 0 bridgehead atoms. The van der Waals surface area contributed by atoms with Crippen LogP contribution in [0.4, 0.5) is 0 Å². The van der Waals surface area contributed by atoms with E-state index in [-0.39, 0.29) is 9.99 Å². The first-order valence-corrected chi connectivity index (χ1v) is 6.97. The summed E-state index contributed by atoms with van der Waals surface area (Å²) in [5.74, 6) is 0. The predicted molar refractivity (Wildman–Crippen MR) is 83.7 cm³/mol. The molecule has 0 spiro atoms. The number of hydrazone groups is 1. The highest BCUT2D eigenvalue weighted by Crippen LogP contribution is 2.16. The van der Waals surface area contributed by atoms with Gasteiger partial charge in [-0.1, -0.05) is 23.5 Å². The van der Waals surface area contributed by atoms with Crippen molar-refractivity contribution in [1.29, 1.82) is 0 Å². The molecule has 0 saturated heterocycles. The van der Waals surface area contributed by atoms with E-state index >= 15 is 0 Å². The maximum absolute atomic E-state index is 11.9. The smallest absolute Gasteiger partial charge is 0.308 e. The molecule has 5 nitrogen and oxygen atoms in total. The second kappa shape index (κ2) is 5.94. The number of nitrogens with zero attached hydrogens (tertiary/aromatic N) is 2. The minimum absolute atomic E-state index is 0.0521. The van der Waals surface area contributed by atoms with Crippen molar-refractivity contribution in [2.24, 2.45) is 10.8 Å². The Morgan fingerprint density at radius 2 is 2.26 bits per heavy atom. The van der Waals surface area contributed by atoms with Gasteiger partial charge < -0.3 is 5.73 Å². The fraction of sp³-hybridized carbons (Fsp3) is 0.250. The first-order valence-electron chi connectivity index (χ1n) is 5.75. The molecule has 19 heavy (non-hydrogen) atoms. The Hall–Kier alpha value is -1.73. The van der Waals surface area contributed by atoms with E-state index in [0.29, 0.717) is 13.0 Å². The first kappa shape index (κ1) is 13.7. The van der Waals surface area contributed by atoms with Gasteiger partial charge in [0, 0.05) is 18.7 Å². The molecule has 1 heterocycles. The third-order valence-corrected chi connectivity index (χ3v) is 3.68. The van der Waals surface area contributed by atoms with Crippen molar-refractivity contribution in [3.8, 4) is 0 Å². The summed E-state index contributed by atoms with van der Waals surface area (Å²) < 4.78 is 2.77. The van der Waals surface area contributed by atoms with Crippen LogP contribution < -0.4 is 16.0 Å². The van der Waals surface area contributed by atoms with E-state index in [2.05, 4.69) is 22.7 Å². The number of hydrogen-bond acceptors (Lipinski definition) is 4. The molecule has 3 N–H and O–H groups in total. The Morgan fingerprint density at radius 3 is 3.00 bits per heavy atom. The number of aryl methyl sites for hydroxylation is 1. The number of para-hydroxylation sites is 1. The van der Waals surface area contributed by atoms with Crippen molar-refractivity contribution >= 4 is 44.6 Å². The SMILES string of the molecule is CC(CCn1c(=O)sc2ccccc21)=NNC(N)=S. The van der Waals surface area contributed by atoms with Gasteiger partial charge in [0.25, 0.3) is 0 Å². The van der Waals surface area contributed by atoms with Crippen molar-refractivity contribution in [3.05, 3.63) is 33.9 Å². The van der Waals surface area contributed by atoms with Crippen molar-refractivity contribution in [1.82, 2.24) is 9.99 Å². The summed E-state index contributed by atoms with van der Waals surface area (Å²) in [7, 11) is 0. The summed E-state index contributed by atoms with van der Waals surface area (Å²) in [4.78, 5) is 12.0. The van der Waals surface area contributed by atoms with Gasteiger partial charge >= 0.3 is 4.87 Å². The Kier molecular flexibility index (Phi) is 4.28. The van der Waals surface area contributed by atoms with Crippen molar-refractivity contribution in [2.45, 2.75) is 19.9 Å². The van der Waals surface area contributed by atoms with Crippen LogP contribution in [0, 0.1) is 0 Å². The second-order valence-electron chi connectivity index (χ2n) is 4.06. The minimum atomic E-state index is 0.0521. The van der Waals surface area contributed by atoms with Crippen molar-refractivity contribution < 1.29 is 0 Å². The number of nitrogens with two attached hydrogens (primary N) is 1. The number of thiazole rings is 1. The molecule has 0 saturated carbocycles. The Labute approximate surface area is 119 Å². The molecule has 0 unspecified atom stereocenters. The molecule has 0 radical (unpaired) electrons. The van der Waals surface area contributed by atoms with E-state index < -0.39 is 0 Å². The van der Waals surface area contributed by atoms with Gasteiger partial charge in [-0.15, -0.1) is 0 Å². The van der Waals surface area contributed by atoms with E-state index in [1.807, 2.05) is 31.2 Å². The largest absolute Gasteiger partial charge is 0.375 e. The summed E-state index contributed by atoms with van der Waals surface area (Å²) in [6.07, 6.45) is 0.663. The molecule has 1 aromatic heterocycles. The standard InChI is InChI=1S/C12H14N4OS2/c1-8(14-15-11(13)18)6-7-16-9-4-2-3-5-10(9)19-12(16)17/h2-5H,6-7H2,1H3,(H3,13,15,18). The van der Waals surface area contributed by atoms with Gasteiger partial charge in [-0.25, -0.2) is 0 Å². The van der Waals surface area contributed by atoms with Gasteiger partial charge in [0.15, 0.2) is 5.11 Å². The van der Waals surface area contributed by atoms with Crippen LogP contribution in [-0.4, -0.2) is 15.4 Å². The summed E-state index contributed by atoms with van der Waals surface area (Å²) in [5.41, 5.74) is 9.64. The number of rotatable bonds is 4. The molecule has 100 valence electrons. The third-order valence-electron chi connectivity index (χ3n) is 2.63. The van der Waals surface area contributed by atoms with Gasteiger partial charge in [-0.2, -0.15) is 5.10 Å². The molecular formula is C12H14N4OS2. The summed E-state index contributed by atoms with van der Waals surface area (Å²) in [6.45, 7) is 2.46. The lowest BCUT2D eigenvalue weighted by Gasteiger charge is -2.04. The van der Waals surface area contributed by atoms with E-state index in [1.54, 1.807) is 4.57 Å². The number of benzene rings is 1. The van der Waals surface area contributed by atoms with E-state index in [9.17, 15) is 4.79 Å².